The third-order valence-electron chi connectivity index (χ3n) is 3.30. The van der Waals surface area contributed by atoms with Gasteiger partial charge in [-0.25, -0.2) is 0 Å². The highest BCUT2D eigenvalue weighted by atomic mass is 32.2. The molecule has 0 amide bonds. The number of ether oxygens (including phenoxy) is 1. The molecule has 0 heterocycles. The van der Waals surface area contributed by atoms with E-state index in [0.717, 1.165) is 12.8 Å². The smallest absolute Gasteiger partial charge is 0.306 e. The number of aliphatic hydroxyl groups excluding tert-OH is 1. The standard InChI is InChI=1S/C16H32O3S/c1-2-3-4-5-6-7-8-9-10-11-13-19-16(18)12-14-20-15-17/h17H,2-15H2,1H3. The van der Waals surface area contributed by atoms with Gasteiger partial charge in [0, 0.05) is 5.75 Å². The topological polar surface area (TPSA) is 46.5 Å². The summed E-state index contributed by atoms with van der Waals surface area (Å²) < 4.78 is 5.13. The number of carbonyl (C=O) groups is 1. The zero-order chi connectivity index (χ0) is 14.9. The van der Waals surface area contributed by atoms with Crippen molar-refractivity contribution in [3.8, 4) is 0 Å². The molecule has 0 saturated carbocycles. The lowest BCUT2D eigenvalue weighted by Gasteiger charge is -2.05. The Morgan fingerprint density at radius 3 is 2.05 bits per heavy atom. The number of hydrogen-bond acceptors (Lipinski definition) is 4. The molecule has 0 bridgehead atoms. The van der Waals surface area contributed by atoms with Gasteiger partial charge in [0.2, 0.25) is 0 Å². The lowest BCUT2D eigenvalue weighted by molar-refractivity contribution is -0.143. The average Bonchev–Trinajstić information content (AvgIpc) is 2.45. The zero-order valence-corrected chi connectivity index (χ0v) is 13.9. The van der Waals surface area contributed by atoms with Gasteiger partial charge in [-0.1, -0.05) is 64.7 Å². The number of unbranched alkanes of at least 4 members (excludes halogenated alkanes) is 9. The minimum atomic E-state index is -0.137. The minimum absolute atomic E-state index is 0.0751. The number of rotatable bonds is 15. The number of esters is 1. The van der Waals surface area contributed by atoms with Crippen LogP contribution in [0.1, 0.15) is 77.6 Å². The first-order chi connectivity index (χ1) is 9.81. The van der Waals surface area contributed by atoms with Gasteiger partial charge >= 0.3 is 5.97 Å². The van der Waals surface area contributed by atoms with E-state index in [1.165, 1.54) is 63.1 Å². The third kappa shape index (κ3) is 15.8. The lowest BCUT2D eigenvalue weighted by Crippen LogP contribution is -2.06. The Hall–Kier alpha value is -0.220. The van der Waals surface area contributed by atoms with E-state index in [2.05, 4.69) is 6.92 Å². The lowest BCUT2D eigenvalue weighted by atomic mass is 10.1. The summed E-state index contributed by atoms with van der Waals surface area (Å²) in [5, 5.41) is 8.57. The van der Waals surface area contributed by atoms with Gasteiger partial charge in [0.05, 0.1) is 19.0 Å². The number of aliphatic hydroxyl groups is 1. The summed E-state index contributed by atoms with van der Waals surface area (Å²) in [5.41, 5.74) is 0. The van der Waals surface area contributed by atoms with Gasteiger partial charge < -0.3 is 9.84 Å². The molecule has 0 spiro atoms. The van der Waals surface area contributed by atoms with E-state index in [1.54, 1.807) is 0 Å². The van der Waals surface area contributed by atoms with Crippen molar-refractivity contribution in [2.24, 2.45) is 0 Å². The van der Waals surface area contributed by atoms with Gasteiger partial charge in [-0.05, 0) is 6.42 Å². The normalized spacial score (nSPS) is 10.7. The van der Waals surface area contributed by atoms with Crippen LogP contribution in [0.25, 0.3) is 0 Å². The molecule has 0 aromatic heterocycles. The molecule has 0 saturated heterocycles. The highest BCUT2D eigenvalue weighted by Gasteiger charge is 2.01. The SMILES string of the molecule is CCCCCCCCCCCCOC(=O)CCSCO. The van der Waals surface area contributed by atoms with Crippen molar-refractivity contribution in [3.05, 3.63) is 0 Å². The summed E-state index contributed by atoms with van der Waals surface area (Å²) in [4.78, 5) is 11.3. The minimum Gasteiger partial charge on any atom is -0.466 e. The van der Waals surface area contributed by atoms with E-state index in [0.29, 0.717) is 18.8 Å². The van der Waals surface area contributed by atoms with E-state index in [1.807, 2.05) is 0 Å². The molecule has 0 fully saturated rings. The molecule has 120 valence electrons. The van der Waals surface area contributed by atoms with Crippen molar-refractivity contribution in [3.63, 3.8) is 0 Å². The largest absolute Gasteiger partial charge is 0.466 e. The fourth-order valence-electron chi connectivity index (χ4n) is 2.07. The quantitative estimate of drug-likeness (QED) is 0.274. The molecule has 0 unspecified atom stereocenters. The molecule has 0 atom stereocenters. The van der Waals surface area contributed by atoms with Gasteiger partial charge in [0.15, 0.2) is 0 Å². The molecule has 0 aliphatic carbocycles. The Balaban J connectivity index is 3.07. The van der Waals surface area contributed by atoms with Crippen LogP contribution in [0.5, 0.6) is 0 Å². The summed E-state index contributed by atoms with van der Waals surface area (Å²) in [6.45, 7) is 2.80. The summed E-state index contributed by atoms with van der Waals surface area (Å²) in [5.74, 6) is 0.584. The highest BCUT2D eigenvalue weighted by molar-refractivity contribution is 7.99. The average molecular weight is 304 g/mol. The predicted molar refractivity (Wildman–Crippen MR) is 87.0 cm³/mol. The Kier molecular flexibility index (Phi) is 16.6. The highest BCUT2D eigenvalue weighted by Crippen LogP contribution is 2.10. The van der Waals surface area contributed by atoms with E-state index < -0.39 is 0 Å². The van der Waals surface area contributed by atoms with Crippen molar-refractivity contribution in [1.82, 2.24) is 0 Å². The van der Waals surface area contributed by atoms with Gasteiger partial charge in [-0.2, -0.15) is 0 Å². The van der Waals surface area contributed by atoms with Gasteiger partial charge in [-0.3, -0.25) is 4.79 Å². The summed E-state index contributed by atoms with van der Waals surface area (Å²) in [6, 6.07) is 0. The van der Waals surface area contributed by atoms with E-state index >= 15 is 0 Å². The van der Waals surface area contributed by atoms with Crippen molar-refractivity contribution >= 4 is 17.7 Å². The van der Waals surface area contributed by atoms with Crippen LogP contribution in [0.4, 0.5) is 0 Å². The van der Waals surface area contributed by atoms with Crippen molar-refractivity contribution in [1.29, 1.82) is 0 Å². The van der Waals surface area contributed by atoms with Crippen LogP contribution in [-0.4, -0.2) is 29.4 Å². The molecule has 0 radical (unpaired) electrons. The summed E-state index contributed by atoms with van der Waals surface area (Å²) in [7, 11) is 0. The Labute approximate surface area is 128 Å². The Morgan fingerprint density at radius 1 is 0.950 bits per heavy atom. The van der Waals surface area contributed by atoms with Crippen LogP contribution in [-0.2, 0) is 9.53 Å². The van der Waals surface area contributed by atoms with Crippen LogP contribution >= 0.6 is 11.8 Å². The fourth-order valence-corrected chi connectivity index (χ4v) is 2.51. The van der Waals surface area contributed by atoms with E-state index in [9.17, 15) is 4.79 Å². The molecule has 20 heavy (non-hydrogen) atoms. The molecule has 0 aromatic carbocycles. The first-order valence-corrected chi connectivity index (χ1v) is 9.31. The first-order valence-electron chi connectivity index (χ1n) is 8.15. The van der Waals surface area contributed by atoms with Gasteiger partial charge in [0.25, 0.3) is 0 Å². The fraction of sp³-hybridized carbons (Fsp3) is 0.938. The predicted octanol–water partition coefficient (Wildman–Crippen LogP) is 4.52. The van der Waals surface area contributed by atoms with Gasteiger partial charge in [-0.15, -0.1) is 11.8 Å². The monoisotopic (exact) mass is 304 g/mol. The molecule has 0 rings (SSSR count). The van der Waals surface area contributed by atoms with Crippen LogP contribution < -0.4 is 0 Å². The third-order valence-corrected chi connectivity index (χ3v) is 3.98. The summed E-state index contributed by atoms with van der Waals surface area (Å²) in [6.07, 6.45) is 13.3. The number of thioether (sulfide) groups is 1. The van der Waals surface area contributed by atoms with Crippen molar-refractivity contribution < 1.29 is 14.6 Å². The van der Waals surface area contributed by atoms with Crippen LogP contribution in [0, 0.1) is 0 Å². The molecule has 0 aromatic rings. The molecule has 4 heteroatoms. The molecule has 0 aliphatic heterocycles. The maximum absolute atomic E-state index is 11.3. The maximum atomic E-state index is 11.3. The number of hydrogen-bond donors (Lipinski definition) is 1. The molecule has 0 aliphatic rings. The van der Waals surface area contributed by atoms with Crippen molar-refractivity contribution in [2.75, 3.05) is 18.3 Å². The Bertz CT molecular complexity index is 210. The Morgan fingerprint density at radius 2 is 1.50 bits per heavy atom. The van der Waals surface area contributed by atoms with Crippen molar-refractivity contribution in [2.45, 2.75) is 77.6 Å². The van der Waals surface area contributed by atoms with Crippen LogP contribution in [0.15, 0.2) is 0 Å². The molecular formula is C16H32O3S. The van der Waals surface area contributed by atoms with Crippen LogP contribution in [0.3, 0.4) is 0 Å². The van der Waals surface area contributed by atoms with Crippen LogP contribution in [0.2, 0.25) is 0 Å². The molecule has 3 nitrogen and oxygen atoms in total. The molecule has 1 N–H and O–H groups in total. The number of carbonyl (C=O) groups excluding carboxylic acids is 1. The second-order valence-corrected chi connectivity index (χ2v) is 6.26. The maximum Gasteiger partial charge on any atom is 0.306 e. The first kappa shape index (κ1) is 19.8. The van der Waals surface area contributed by atoms with E-state index in [4.69, 9.17) is 9.84 Å². The van der Waals surface area contributed by atoms with E-state index in [-0.39, 0.29) is 11.9 Å². The second-order valence-electron chi connectivity index (χ2n) is 5.19. The van der Waals surface area contributed by atoms with Gasteiger partial charge in [0.1, 0.15) is 0 Å². The molecular weight excluding hydrogens is 272 g/mol. The summed E-state index contributed by atoms with van der Waals surface area (Å²) >= 11 is 1.35. The zero-order valence-electron chi connectivity index (χ0n) is 13.1. The second kappa shape index (κ2) is 16.8.